The Morgan fingerprint density at radius 1 is 1.47 bits per heavy atom. The highest BCUT2D eigenvalue weighted by Gasteiger charge is 2.13. The summed E-state index contributed by atoms with van der Waals surface area (Å²) in [7, 11) is -3.43. The van der Waals surface area contributed by atoms with Gasteiger partial charge in [-0.3, -0.25) is 0 Å². The van der Waals surface area contributed by atoms with Gasteiger partial charge >= 0.3 is 0 Å². The molecule has 0 aliphatic rings. The molecular formula is C11H15BrClNO2S. The number of alkyl halides is 1. The third-order valence-electron chi connectivity index (χ3n) is 2.18. The first kappa shape index (κ1) is 15.0. The van der Waals surface area contributed by atoms with Crippen molar-refractivity contribution in [3.05, 3.63) is 29.3 Å². The molecule has 1 atom stereocenters. The molecule has 0 aliphatic carbocycles. The Balaban J connectivity index is 2.57. The summed E-state index contributed by atoms with van der Waals surface area (Å²) in [5.74, 6) is 0. The molecule has 0 bridgehead atoms. The molecular weight excluding hydrogens is 326 g/mol. The Bertz CT molecular complexity index is 462. The first-order chi connectivity index (χ1) is 7.92. The summed E-state index contributed by atoms with van der Waals surface area (Å²) < 4.78 is 26.2. The molecule has 0 saturated heterocycles. The molecule has 1 aromatic rings. The third-order valence-corrected chi connectivity index (χ3v) is 4.33. The summed E-state index contributed by atoms with van der Waals surface area (Å²) in [6.45, 7) is 2.47. The second kappa shape index (κ2) is 6.73. The Kier molecular flexibility index (Phi) is 5.92. The van der Waals surface area contributed by atoms with Gasteiger partial charge in [0.2, 0.25) is 10.0 Å². The van der Waals surface area contributed by atoms with Crippen molar-refractivity contribution >= 4 is 37.6 Å². The number of halogens is 2. The lowest BCUT2D eigenvalue weighted by atomic mass is 10.2. The van der Waals surface area contributed by atoms with Crippen LogP contribution in [0.5, 0.6) is 0 Å². The maximum Gasteiger partial charge on any atom is 0.240 e. The van der Waals surface area contributed by atoms with E-state index in [9.17, 15) is 8.42 Å². The number of hydrogen-bond donors (Lipinski definition) is 1. The lowest BCUT2D eigenvalue weighted by molar-refractivity contribution is 0.577. The van der Waals surface area contributed by atoms with Gasteiger partial charge in [-0.05, 0) is 31.0 Å². The zero-order chi connectivity index (χ0) is 12.9. The quantitative estimate of drug-likeness (QED) is 0.638. The van der Waals surface area contributed by atoms with E-state index in [0.717, 1.165) is 12.8 Å². The monoisotopic (exact) mass is 339 g/mol. The van der Waals surface area contributed by atoms with Gasteiger partial charge in [-0.15, -0.1) is 0 Å². The van der Waals surface area contributed by atoms with E-state index in [1.165, 1.54) is 12.1 Å². The van der Waals surface area contributed by atoms with E-state index in [1.54, 1.807) is 12.1 Å². The molecule has 17 heavy (non-hydrogen) atoms. The molecule has 1 aromatic carbocycles. The van der Waals surface area contributed by atoms with Crippen molar-refractivity contribution in [2.45, 2.75) is 29.5 Å². The number of sulfonamides is 1. The largest absolute Gasteiger partial charge is 0.240 e. The lowest BCUT2D eigenvalue weighted by Crippen LogP contribution is -2.25. The standard InChI is InChI=1S/C11H15BrClNO2S/c1-9(12)4-3-7-14-17(15,16)11-6-2-5-10(13)8-11/h2,5-6,8-9,14H,3-4,7H2,1H3. The van der Waals surface area contributed by atoms with Crippen LogP contribution < -0.4 is 4.72 Å². The van der Waals surface area contributed by atoms with Crippen LogP contribution in [0, 0.1) is 0 Å². The number of nitrogens with one attached hydrogen (secondary N) is 1. The second-order valence-electron chi connectivity index (χ2n) is 3.78. The van der Waals surface area contributed by atoms with Gasteiger partial charge in [0.25, 0.3) is 0 Å². The second-order valence-corrected chi connectivity index (χ2v) is 7.54. The highest BCUT2D eigenvalue weighted by molar-refractivity contribution is 9.09. The van der Waals surface area contributed by atoms with Crippen LogP contribution in [-0.2, 0) is 10.0 Å². The summed E-state index contributed by atoms with van der Waals surface area (Å²) in [4.78, 5) is 0.607. The predicted octanol–water partition coefficient (Wildman–Crippen LogP) is 3.18. The van der Waals surface area contributed by atoms with Gasteiger partial charge in [0, 0.05) is 16.4 Å². The Morgan fingerprint density at radius 2 is 2.18 bits per heavy atom. The minimum absolute atomic E-state index is 0.205. The van der Waals surface area contributed by atoms with Crippen LogP contribution in [0.15, 0.2) is 29.2 Å². The first-order valence-electron chi connectivity index (χ1n) is 5.31. The molecule has 6 heteroatoms. The molecule has 0 aliphatic heterocycles. The topological polar surface area (TPSA) is 46.2 Å². The fourth-order valence-corrected chi connectivity index (χ4v) is 3.01. The molecule has 0 amide bonds. The average Bonchev–Trinajstić information content (AvgIpc) is 2.24. The SMILES string of the molecule is CC(Br)CCCNS(=O)(=O)c1cccc(Cl)c1. The van der Waals surface area contributed by atoms with Gasteiger partial charge in [0.1, 0.15) is 0 Å². The Labute approximate surface area is 116 Å². The smallest absolute Gasteiger partial charge is 0.211 e. The zero-order valence-corrected chi connectivity index (χ0v) is 12.6. The molecule has 3 nitrogen and oxygen atoms in total. The van der Waals surface area contributed by atoms with Crippen molar-refractivity contribution in [2.24, 2.45) is 0 Å². The van der Waals surface area contributed by atoms with Crippen LogP contribution in [0.25, 0.3) is 0 Å². The van der Waals surface area contributed by atoms with Gasteiger partial charge in [0.15, 0.2) is 0 Å². The van der Waals surface area contributed by atoms with Crippen molar-refractivity contribution < 1.29 is 8.42 Å². The molecule has 1 N–H and O–H groups in total. The van der Waals surface area contributed by atoms with E-state index in [2.05, 4.69) is 20.7 Å². The summed E-state index contributed by atoms with van der Waals surface area (Å²) in [5, 5.41) is 0.418. The Morgan fingerprint density at radius 3 is 2.76 bits per heavy atom. The van der Waals surface area contributed by atoms with E-state index in [-0.39, 0.29) is 4.90 Å². The maximum absolute atomic E-state index is 11.8. The number of benzene rings is 1. The van der Waals surface area contributed by atoms with Crippen molar-refractivity contribution in [1.29, 1.82) is 0 Å². The van der Waals surface area contributed by atoms with Gasteiger partial charge in [-0.2, -0.15) is 0 Å². The fourth-order valence-electron chi connectivity index (χ4n) is 1.31. The van der Waals surface area contributed by atoms with Crippen LogP contribution in [0.1, 0.15) is 19.8 Å². The van der Waals surface area contributed by atoms with Gasteiger partial charge in [-0.1, -0.05) is 40.5 Å². The summed E-state index contributed by atoms with van der Waals surface area (Å²) in [5.41, 5.74) is 0. The molecule has 0 spiro atoms. The molecule has 0 radical (unpaired) electrons. The minimum atomic E-state index is -3.43. The summed E-state index contributed by atoms with van der Waals surface area (Å²) >= 11 is 9.17. The number of hydrogen-bond acceptors (Lipinski definition) is 2. The molecule has 0 aromatic heterocycles. The van der Waals surface area contributed by atoms with Crippen LogP contribution in [0.4, 0.5) is 0 Å². The van der Waals surface area contributed by atoms with E-state index in [0.29, 0.717) is 16.4 Å². The van der Waals surface area contributed by atoms with Crippen LogP contribution >= 0.6 is 27.5 Å². The van der Waals surface area contributed by atoms with Crippen molar-refractivity contribution in [3.63, 3.8) is 0 Å². The van der Waals surface area contributed by atoms with Gasteiger partial charge < -0.3 is 0 Å². The molecule has 0 saturated carbocycles. The van der Waals surface area contributed by atoms with E-state index in [1.807, 2.05) is 6.92 Å². The van der Waals surface area contributed by atoms with E-state index >= 15 is 0 Å². The third kappa shape index (κ3) is 5.38. The Hall–Kier alpha value is -0.100. The summed E-state index contributed by atoms with van der Waals surface area (Å²) in [6.07, 6.45) is 1.73. The zero-order valence-electron chi connectivity index (χ0n) is 9.49. The van der Waals surface area contributed by atoms with Crippen LogP contribution in [0.3, 0.4) is 0 Å². The normalized spacial score (nSPS) is 13.6. The van der Waals surface area contributed by atoms with Gasteiger partial charge in [-0.25, -0.2) is 13.1 Å². The molecule has 1 rings (SSSR count). The minimum Gasteiger partial charge on any atom is -0.211 e. The van der Waals surface area contributed by atoms with Crippen molar-refractivity contribution in [3.8, 4) is 0 Å². The fraction of sp³-hybridized carbons (Fsp3) is 0.455. The van der Waals surface area contributed by atoms with Gasteiger partial charge in [0.05, 0.1) is 4.90 Å². The lowest BCUT2D eigenvalue weighted by Gasteiger charge is -2.07. The number of rotatable bonds is 6. The molecule has 0 fully saturated rings. The van der Waals surface area contributed by atoms with Crippen molar-refractivity contribution in [1.82, 2.24) is 4.72 Å². The molecule has 1 unspecified atom stereocenters. The van der Waals surface area contributed by atoms with E-state index < -0.39 is 10.0 Å². The maximum atomic E-state index is 11.8. The molecule has 0 heterocycles. The highest BCUT2D eigenvalue weighted by Crippen LogP contribution is 2.15. The van der Waals surface area contributed by atoms with E-state index in [4.69, 9.17) is 11.6 Å². The average molecular weight is 341 g/mol. The first-order valence-corrected chi connectivity index (χ1v) is 8.09. The highest BCUT2D eigenvalue weighted by atomic mass is 79.9. The predicted molar refractivity (Wildman–Crippen MR) is 74.3 cm³/mol. The van der Waals surface area contributed by atoms with Crippen LogP contribution in [0.2, 0.25) is 5.02 Å². The van der Waals surface area contributed by atoms with Crippen molar-refractivity contribution in [2.75, 3.05) is 6.54 Å². The summed E-state index contributed by atoms with van der Waals surface area (Å²) in [6, 6.07) is 6.24. The molecule has 96 valence electrons. The van der Waals surface area contributed by atoms with Crippen LogP contribution in [-0.4, -0.2) is 19.8 Å².